The van der Waals surface area contributed by atoms with E-state index in [1.807, 2.05) is 5.32 Å². The molecular formula is C6H11F2NO. The minimum atomic E-state index is -2.88. The molecule has 1 amide bonds. The van der Waals surface area contributed by atoms with Crippen LogP contribution in [0.5, 0.6) is 0 Å². The van der Waals surface area contributed by atoms with Gasteiger partial charge in [0.15, 0.2) is 0 Å². The molecule has 0 aromatic heterocycles. The maximum atomic E-state index is 11.2. The lowest BCUT2D eigenvalue weighted by atomic mass is 10.6. The van der Waals surface area contributed by atoms with Crippen molar-refractivity contribution in [1.82, 2.24) is 5.32 Å². The maximum Gasteiger partial charge on any atom is 0.315 e. The molecule has 0 heterocycles. The standard InChI is InChI=1S/C4H7F2NO.C2H4/c1-2-7-4(8)3(5)6;1-2/h3H,2H2,1H3,(H,7,8);1-2H2. The highest BCUT2D eigenvalue weighted by Crippen LogP contribution is 1.88. The van der Waals surface area contributed by atoms with Crippen LogP contribution in [0, 0.1) is 0 Å². The Balaban J connectivity index is 0. The normalized spacial score (nSPS) is 8.00. The minimum absolute atomic E-state index is 0.253. The quantitative estimate of drug-likeness (QED) is 0.590. The fourth-order valence-electron chi connectivity index (χ4n) is 0.251. The molecule has 1 N–H and O–H groups in total. The van der Waals surface area contributed by atoms with Crippen LogP contribution in [0.15, 0.2) is 13.2 Å². The Labute approximate surface area is 58.9 Å². The van der Waals surface area contributed by atoms with Crippen molar-refractivity contribution in [2.24, 2.45) is 0 Å². The Bertz CT molecular complexity index is 95.7. The first-order chi connectivity index (χ1) is 4.68. The fourth-order valence-corrected chi connectivity index (χ4v) is 0.251. The van der Waals surface area contributed by atoms with E-state index in [9.17, 15) is 13.6 Å². The summed E-state index contributed by atoms with van der Waals surface area (Å²) in [5.41, 5.74) is 0. The maximum absolute atomic E-state index is 11.2. The third kappa shape index (κ3) is 7.07. The summed E-state index contributed by atoms with van der Waals surface area (Å²) in [6.07, 6.45) is -2.88. The second-order valence-corrected chi connectivity index (χ2v) is 1.20. The highest BCUT2D eigenvalue weighted by Gasteiger charge is 2.11. The third-order valence-electron chi connectivity index (χ3n) is 0.549. The van der Waals surface area contributed by atoms with Gasteiger partial charge in [0.2, 0.25) is 0 Å². The summed E-state index contributed by atoms with van der Waals surface area (Å²) >= 11 is 0. The van der Waals surface area contributed by atoms with Crippen molar-refractivity contribution in [2.75, 3.05) is 6.54 Å². The van der Waals surface area contributed by atoms with Gasteiger partial charge in [-0.2, -0.15) is 8.78 Å². The average molecular weight is 151 g/mol. The average Bonchev–Trinajstić information content (AvgIpc) is 1.93. The van der Waals surface area contributed by atoms with Crippen LogP contribution in [0.4, 0.5) is 8.78 Å². The largest absolute Gasteiger partial charge is 0.351 e. The van der Waals surface area contributed by atoms with Gasteiger partial charge in [-0.3, -0.25) is 4.79 Å². The van der Waals surface area contributed by atoms with Crippen molar-refractivity contribution in [1.29, 1.82) is 0 Å². The molecule has 0 unspecified atom stereocenters. The fraction of sp³-hybridized carbons (Fsp3) is 0.500. The van der Waals surface area contributed by atoms with Gasteiger partial charge in [-0.05, 0) is 6.92 Å². The molecule has 0 aromatic carbocycles. The molecule has 0 saturated heterocycles. The number of rotatable bonds is 2. The van der Waals surface area contributed by atoms with E-state index in [2.05, 4.69) is 13.2 Å². The first kappa shape index (κ1) is 11.8. The van der Waals surface area contributed by atoms with Gasteiger partial charge in [-0.15, -0.1) is 13.2 Å². The van der Waals surface area contributed by atoms with Crippen LogP contribution in [0.25, 0.3) is 0 Å². The zero-order chi connectivity index (χ0) is 8.57. The van der Waals surface area contributed by atoms with Crippen LogP contribution >= 0.6 is 0 Å². The van der Waals surface area contributed by atoms with Crippen molar-refractivity contribution in [2.45, 2.75) is 13.3 Å². The summed E-state index contributed by atoms with van der Waals surface area (Å²) in [7, 11) is 0. The molecule has 0 rings (SSSR count). The predicted octanol–water partition coefficient (Wildman–Crippen LogP) is 1.19. The molecule has 2 nitrogen and oxygen atoms in total. The lowest BCUT2D eigenvalue weighted by Crippen LogP contribution is -2.28. The molecule has 0 aliphatic heterocycles. The van der Waals surface area contributed by atoms with E-state index < -0.39 is 12.3 Å². The number of carbonyl (C=O) groups is 1. The highest BCUT2D eigenvalue weighted by atomic mass is 19.3. The first-order valence-electron chi connectivity index (χ1n) is 2.74. The van der Waals surface area contributed by atoms with Crippen molar-refractivity contribution in [3.8, 4) is 0 Å². The minimum Gasteiger partial charge on any atom is -0.351 e. The van der Waals surface area contributed by atoms with Gasteiger partial charge < -0.3 is 5.32 Å². The third-order valence-corrected chi connectivity index (χ3v) is 0.549. The van der Waals surface area contributed by atoms with Crippen molar-refractivity contribution < 1.29 is 13.6 Å². The molecule has 0 aromatic rings. The van der Waals surface area contributed by atoms with Crippen LogP contribution in [0.2, 0.25) is 0 Å². The first-order valence-corrected chi connectivity index (χ1v) is 2.74. The van der Waals surface area contributed by atoms with Gasteiger partial charge in [-0.25, -0.2) is 0 Å². The van der Waals surface area contributed by atoms with Crippen molar-refractivity contribution in [3.63, 3.8) is 0 Å². The summed E-state index contributed by atoms with van der Waals surface area (Å²) in [6, 6.07) is 0. The summed E-state index contributed by atoms with van der Waals surface area (Å²) in [5.74, 6) is -1.20. The van der Waals surface area contributed by atoms with Gasteiger partial charge in [-0.1, -0.05) is 0 Å². The van der Waals surface area contributed by atoms with Gasteiger partial charge in [0.05, 0.1) is 0 Å². The summed E-state index contributed by atoms with van der Waals surface area (Å²) < 4.78 is 22.4. The van der Waals surface area contributed by atoms with Gasteiger partial charge in [0, 0.05) is 6.54 Å². The van der Waals surface area contributed by atoms with E-state index in [0.717, 1.165) is 0 Å². The second-order valence-electron chi connectivity index (χ2n) is 1.20. The molecule has 0 atom stereocenters. The van der Waals surface area contributed by atoms with Gasteiger partial charge in [0.1, 0.15) is 0 Å². The van der Waals surface area contributed by atoms with Gasteiger partial charge >= 0.3 is 6.43 Å². The molecule has 0 aliphatic carbocycles. The summed E-state index contributed by atoms with van der Waals surface area (Å²) in [4.78, 5) is 9.88. The number of alkyl halides is 2. The van der Waals surface area contributed by atoms with Gasteiger partial charge in [0.25, 0.3) is 5.91 Å². The molecule has 0 bridgehead atoms. The molecule has 60 valence electrons. The lowest BCUT2D eigenvalue weighted by molar-refractivity contribution is -0.131. The Hall–Kier alpha value is -0.930. The number of carbonyl (C=O) groups excluding carboxylic acids is 1. The number of amides is 1. The van der Waals surface area contributed by atoms with E-state index in [1.54, 1.807) is 6.92 Å². The molecular weight excluding hydrogens is 140 g/mol. The Kier molecular flexibility index (Phi) is 9.54. The Morgan fingerprint density at radius 2 is 2.00 bits per heavy atom. The number of hydrogen-bond acceptors (Lipinski definition) is 1. The topological polar surface area (TPSA) is 29.1 Å². The SMILES string of the molecule is C=C.CCNC(=O)C(F)F. The zero-order valence-corrected chi connectivity index (χ0v) is 5.86. The molecule has 0 saturated carbocycles. The van der Waals surface area contributed by atoms with Crippen LogP contribution in [-0.4, -0.2) is 18.9 Å². The smallest absolute Gasteiger partial charge is 0.315 e. The highest BCUT2D eigenvalue weighted by molar-refractivity contribution is 5.78. The van der Waals surface area contributed by atoms with E-state index >= 15 is 0 Å². The number of halogens is 2. The molecule has 0 aliphatic rings. The Morgan fingerprint density at radius 3 is 2.10 bits per heavy atom. The molecule has 4 heteroatoms. The molecule has 10 heavy (non-hydrogen) atoms. The van der Waals surface area contributed by atoms with E-state index in [1.165, 1.54) is 0 Å². The van der Waals surface area contributed by atoms with Crippen LogP contribution < -0.4 is 5.32 Å². The van der Waals surface area contributed by atoms with Crippen LogP contribution in [-0.2, 0) is 4.79 Å². The van der Waals surface area contributed by atoms with Crippen LogP contribution in [0.1, 0.15) is 6.92 Å². The Morgan fingerprint density at radius 1 is 1.60 bits per heavy atom. The van der Waals surface area contributed by atoms with E-state index in [4.69, 9.17) is 0 Å². The zero-order valence-electron chi connectivity index (χ0n) is 5.86. The summed E-state index contributed by atoms with van der Waals surface area (Å²) in [6.45, 7) is 7.84. The number of nitrogens with one attached hydrogen (secondary N) is 1. The van der Waals surface area contributed by atoms with Crippen LogP contribution in [0.3, 0.4) is 0 Å². The van der Waals surface area contributed by atoms with E-state index in [0.29, 0.717) is 0 Å². The number of hydrogen-bond donors (Lipinski definition) is 1. The molecule has 0 fully saturated rings. The lowest BCUT2D eigenvalue weighted by Gasteiger charge is -1.96. The van der Waals surface area contributed by atoms with Crippen molar-refractivity contribution in [3.05, 3.63) is 13.2 Å². The molecule has 0 radical (unpaired) electrons. The van der Waals surface area contributed by atoms with E-state index in [-0.39, 0.29) is 6.54 Å². The second kappa shape index (κ2) is 8.07. The monoisotopic (exact) mass is 151 g/mol. The van der Waals surface area contributed by atoms with Crippen molar-refractivity contribution >= 4 is 5.91 Å². The predicted molar refractivity (Wildman–Crippen MR) is 35.9 cm³/mol. The summed E-state index contributed by atoms with van der Waals surface area (Å²) in [5, 5.41) is 1.96. The molecule has 0 spiro atoms.